The molecule has 1 N–H and O–H groups in total. The van der Waals surface area contributed by atoms with E-state index in [1.54, 1.807) is 37.3 Å². The molecular formula is C29H33Cl2N3O4S. The molecular weight excluding hydrogens is 557 g/mol. The molecule has 3 aromatic carbocycles. The lowest BCUT2D eigenvalue weighted by Crippen LogP contribution is -2.52. The molecule has 0 aromatic heterocycles. The predicted molar refractivity (Wildman–Crippen MR) is 155 cm³/mol. The zero-order valence-corrected chi connectivity index (χ0v) is 24.4. The number of rotatable bonds is 9. The molecule has 0 radical (unpaired) electrons. The molecule has 39 heavy (non-hydrogen) atoms. The third-order valence-electron chi connectivity index (χ3n) is 7.24. The van der Waals surface area contributed by atoms with E-state index in [-0.39, 0.29) is 23.4 Å². The van der Waals surface area contributed by atoms with Crippen LogP contribution < -0.4 is 5.32 Å². The van der Waals surface area contributed by atoms with Crippen molar-refractivity contribution in [3.8, 4) is 0 Å². The Morgan fingerprint density at radius 2 is 1.64 bits per heavy atom. The maximum Gasteiger partial charge on any atom is 0.243 e. The van der Waals surface area contributed by atoms with Crippen LogP contribution in [0.1, 0.15) is 44.6 Å². The first kappa shape index (κ1) is 29.3. The van der Waals surface area contributed by atoms with E-state index >= 15 is 0 Å². The number of fused-ring (bicyclic) bond motifs is 1. The fourth-order valence-corrected chi connectivity index (χ4v) is 6.34. The lowest BCUT2D eigenvalue weighted by atomic mass is 9.95. The number of carbonyl (C=O) groups excluding carboxylic acids is 2. The summed E-state index contributed by atoms with van der Waals surface area (Å²) in [5.41, 5.74) is 0.676. The number of hydrogen-bond donors (Lipinski definition) is 1. The Labute approximate surface area is 240 Å². The van der Waals surface area contributed by atoms with Crippen molar-refractivity contribution in [3.05, 3.63) is 76.3 Å². The van der Waals surface area contributed by atoms with Crippen molar-refractivity contribution in [1.29, 1.82) is 0 Å². The molecule has 1 atom stereocenters. The first-order chi connectivity index (χ1) is 18.6. The average molecular weight is 591 g/mol. The van der Waals surface area contributed by atoms with Crippen LogP contribution in [0.25, 0.3) is 10.8 Å². The molecule has 1 fully saturated rings. The van der Waals surface area contributed by atoms with Crippen LogP contribution in [-0.4, -0.2) is 55.1 Å². The second-order valence-electron chi connectivity index (χ2n) is 10.1. The molecule has 4 rings (SSSR count). The van der Waals surface area contributed by atoms with E-state index in [2.05, 4.69) is 5.32 Å². The molecule has 1 aliphatic carbocycles. The van der Waals surface area contributed by atoms with Crippen LogP contribution in [0.3, 0.4) is 0 Å². The molecule has 0 unspecified atom stereocenters. The Bertz CT molecular complexity index is 1460. The minimum atomic E-state index is -3.97. The molecule has 208 valence electrons. The maximum absolute atomic E-state index is 13.6. The summed E-state index contributed by atoms with van der Waals surface area (Å²) in [4.78, 5) is 28.3. The molecule has 0 bridgehead atoms. The van der Waals surface area contributed by atoms with Gasteiger partial charge in [-0.2, -0.15) is 4.31 Å². The highest BCUT2D eigenvalue weighted by molar-refractivity contribution is 7.89. The Morgan fingerprint density at radius 1 is 0.949 bits per heavy atom. The Morgan fingerprint density at radius 3 is 2.33 bits per heavy atom. The van der Waals surface area contributed by atoms with Crippen molar-refractivity contribution < 1.29 is 18.0 Å². The van der Waals surface area contributed by atoms with Crippen LogP contribution in [-0.2, 0) is 26.2 Å². The zero-order chi connectivity index (χ0) is 28.2. The largest absolute Gasteiger partial charge is 0.352 e. The minimum Gasteiger partial charge on any atom is -0.352 e. The van der Waals surface area contributed by atoms with Gasteiger partial charge < -0.3 is 10.2 Å². The molecule has 7 nitrogen and oxygen atoms in total. The van der Waals surface area contributed by atoms with Gasteiger partial charge in [0, 0.05) is 19.6 Å². The summed E-state index contributed by atoms with van der Waals surface area (Å²) in [5, 5.41) is 5.48. The molecule has 10 heteroatoms. The Kier molecular flexibility index (Phi) is 9.54. The summed E-state index contributed by atoms with van der Waals surface area (Å²) in [5.74, 6) is -0.769. The molecule has 0 saturated heterocycles. The number of sulfonamides is 1. The summed E-state index contributed by atoms with van der Waals surface area (Å²) >= 11 is 12.3. The lowest BCUT2D eigenvalue weighted by molar-refractivity contribution is -0.141. The lowest BCUT2D eigenvalue weighted by Gasteiger charge is -2.32. The van der Waals surface area contributed by atoms with Gasteiger partial charge in [0.2, 0.25) is 21.8 Å². The fourth-order valence-electron chi connectivity index (χ4n) is 4.86. The zero-order valence-electron chi connectivity index (χ0n) is 22.1. The van der Waals surface area contributed by atoms with E-state index in [0.29, 0.717) is 15.6 Å². The third-order valence-corrected chi connectivity index (χ3v) is 9.78. The smallest absolute Gasteiger partial charge is 0.243 e. The van der Waals surface area contributed by atoms with Crippen molar-refractivity contribution >= 4 is 55.8 Å². The fraction of sp³-hybridized carbons (Fsp3) is 0.379. The van der Waals surface area contributed by atoms with Crippen LogP contribution in [0.5, 0.6) is 0 Å². The van der Waals surface area contributed by atoms with E-state index in [0.717, 1.165) is 47.2 Å². The summed E-state index contributed by atoms with van der Waals surface area (Å²) < 4.78 is 27.8. The van der Waals surface area contributed by atoms with E-state index in [9.17, 15) is 18.0 Å². The molecule has 2 amide bonds. The summed E-state index contributed by atoms with van der Waals surface area (Å²) in [7, 11) is -2.60. The number of hydrogen-bond acceptors (Lipinski definition) is 4. The summed E-state index contributed by atoms with van der Waals surface area (Å²) in [6, 6.07) is 16.6. The van der Waals surface area contributed by atoms with Gasteiger partial charge >= 0.3 is 0 Å². The number of likely N-dealkylation sites (N-methyl/N-ethyl adjacent to an activating group) is 1. The van der Waals surface area contributed by atoms with E-state index in [1.165, 1.54) is 18.0 Å². The second kappa shape index (κ2) is 12.7. The monoisotopic (exact) mass is 589 g/mol. The van der Waals surface area contributed by atoms with Crippen LogP contribution in [0.4, 0.5) is 0 Å². The number of benzene rings is 3. The SMILES string of the molecule is C[C@@H](C(=O)NC1CCCCC1)N(Cc1ccc(Cl)c(Cl)c1)C(=O)CN(C)S(=O)(=O)c1ccc2ccccc2c1. The first-order valence-electron chi connectivity index (χ1n) is 13.0. The molecule has 0 aliphatic heterocycles. The standard InChI is InChI=1S/C29H33Cl2N3O4S/c1-20(29(36)32-24-10-4-3-5-11-24)34(18-21-12-15-26(30)27(31)16-21)28(35)19-33(2)39(37,38)25-14-13-22-8-6-7-9-23(22)17-25/h6-9,12-17,20,24H,3-5,10-11,18-19H2,1-2H3,(H,32,36)/t20-/m0/s1. The van der Waals surface area contributed by atoms with Crippen LogP contribution in [0.2, 0.25) is 10.0 Å². The summed E-state index contributed by atoms with van der Waals surface area (Å²) in [6.45, 7) is 1.29. The van der Waals surface area contributed by atoms with Gasteiger partial charge in [0.15, 0.2) is 0 Å². The highest BCUT2D eigenvalue weighted by Crippen LogP contribution is 2.25. The molecule has 3 aromatic rings. The van der Waals surface area contributed by atoms with E-state index in [4.69, 9.17) is 23.2 Å². The average Bonchev–Trinajstić information content (AvgIpc) is 2.93. The van der Waals surface area contributed by atoms with Gasteiger partial charge in [-0.05, 0) is 60.4 Å². The van der Waals surface area contributed by atoms with Gasteiger partial charge in [-0.1, -0.05) is 78.9 Å². The molecule has 1 saturated carbocycles. The number of nitrogens with zero attached hydrogens (tertiary/aromatic N) is 2. The van der Waals surface area contributed by atoms with Gasteiger partial charge in [-0.3, -0.25) is 9.59 Å². The van der Waals surface area contributed by atoms with Crippen molar-refractivity contribution in [2.24, 2.45) is 0 Å². The van der Waals surface area contributed by atoms with Crippen LogP contribution in [0, 0.1) is 0 Å². The third kappa shape index (κ3) is 7.11. The van der Waals surface area contributed by atoms with Crippen molar-refractivity contribution in [1.82, 2.24) is 14.5 Å². The summed E-state index contributed by atoms with van der Waals surface area (Å²) in [6.07, 6.45) is 5.09. The second-order valence-corrected chi connectivity index (χ2v) is 12.9. The van der Waals surface area contributed by atoms with Crippen LogP contribution in [0.15, 0.2) is 65.6 Å². The molecule has 0 heterocycles. The highest BCUT2D eigenvalue weighted by atomic mass is 35.5. The van der Waals surface area contributed by atoms with Crippen molar-refractivity contribution in [3.63, 3.8) is 0 Å². The van der Waals surface area contributed by atoms with Crippen LogP contribution >= 0.6 is 23.2 Å². The van der Waals surface area contributed by atoms with Crippen molar-refractivity contribution in [2.75, 3.05) is 13.6 Å². The maximum atomic E-state index is 13.6. The van der Waals surface area contributed by atoms with Gasteiger partial charge in [-0.15, -0.1) is 0 Å². The molecule has 1 aliphatic rings. The molecule has 0 spiro atoms. The van der Waals surface area contributed by atoms with Gasteiger partial charge in [0.25, 0.3) is 0 Å². The van der Waals surface area contributed by atoms with Crippen molar-refractivity contribution in [2.45, 2.75) is 62.6 Å². The minimum absolute atomic E-state index is 0.0683. The van der Waals surface area contributed by atoms with E-state index < -0.39 is 28.5 Å². The van der Waals surface area contributed by atoms with Gasteiger partial charge in [0.1, 0.15) is 6.04 Å². The highest BCUT2D eigenvalue weighted by Gasteiger charge is 2.31. The Balaban J connectivity index is 1.55. The quantitative estimate of drug-likeness (QED) is 0.350. The number of nitrogens with one attached hydrogen (secondary N) is 1. The number of amides is 2. The van der Waals surface area contributed by atoms with Gasteiger partial charge in [-0.25, -0.2) is 8.42 Å². The first-order valence-corrected chi connectivity index (χ1v) is 15.2. The topological polar surface area (TPSA) is 86.8 Å². The van der Waals surface area contributed by atoms with Gasteiger partial charge in [0.05, 0.1) is 21.5 Å². The number of halogens is 2. The van der Waals surface area contributed by atoms with E-state index in [1.807, 2.05) is 24.3 Å². The predicted octanol–water partition coefficient (Wildman–Crippen LogP) is 5.63. The Hall–Kier alpha value is -2.65. The normalized spacial score (nSPS) is 15.3. The number of carbonyl (C=O) groups is 2.